The van der Waals surface area contributed by atoms with Gasteiger partial charge in [0.1, 0.15) is 11.4 Å². The predicted molar refractivity (Wildman–Crippen MR) is 67.7 cm³/mol. The fourth-order valence-corrected chi connectivity index (χ4v) is 1.64. The third-order valence-electron chi connectivity index (χ3n) is 2.45. The van der Waals surface area contributed by atoms with Crippen molar-refractivity contribution in [1.82, 2.24) is 14.6 Å². The van der Waals surface area contributed by atoms with Crippen LogP contribution in [0.2, 0.25) is 0 Å². The van der Waals surface area contributed by atoms with E-state index in [2.05, 4.69) is 22.3 Å². The zero-order valence-corrected chi connectivity index (χ0v) is 10.5. The number of hydrogen-bond acceptors (Lipinski definition) is 5. The molecule has 0 unspecified atom stereocenters. The van der Waals surface area contributed by atoms with Crippen LogP contribution in [0.4, 0.5) is 5.82 Å². The van der Waals surface area contributed by atoms with E-state index in [1.54, 1.807) is 23.7 Å². The van der Waals surface area contributed by atoms with E-state index in [1.165, 1.54) is 6.20 Å². The molecule has 1 N–H and O–H groups in total. The van der Waals surface area contributed by atoms with Crippen molar-refractivity contribution >= 4 is 17.4 Å². The Labute approximate surface area is 105 Å². The molecule has 0 amide bonds. The molecule has 2 heterocycles. The van der Waals surface area contributed by atoms with E-state index in [0.29, 0.717) is 23.6 Å². The maximum absolute atomic E-state index is 11.9. The van der Waals surface area contributed by atoms with Gasteiger partial charge in [-0.3, -0.25) is 0 Å². The van der Waals surface area contributed by atoms with Gasteiger partial charge in [0, 0.05) is 18.8 Å². The third-order valence-corrected chi connectivity index (χ3v) is 2.45. The topological polar surface area (TPSA) is 68.5 Å². The second kappa shape index (κ2) is 5.48. The monoisotopic (exact) mass is 248 g/mol. The molecule has 18 heavy (non-hydrogen) atoms. The minimum Gasteiger partial charge on any atom is -0.462 e. The van der Waals surface area contributed by atoms with Crippen molar-refractivity contribution in [2.45, 2.75) is 20.3 Å². The van der Waals surface area contributed by atoms with Gasteiger partial charge in [0.05, 0.1) is 12.8 Å². The van der Waals surface area contributed by atoms with Gasteiger partial charge in [-0.15, -0.1) is 0 Å². The van der Waals surface area contributed by atoms with Crippen LogP contribution in [0.3, 0.4) is 0 Å². The number of ether oxygens (including phenoxy) is 1. The normalized spacial score (nSPS) is 10.6. The molecular weight excluding hydrogens is 232 g/mol. The number of nitrogens with zero attached hydrogens (tertiary/aromatic N) is 3. The molecule has 0 aliphatic heterocycles. The van der Waals surface area contributed by atoms with Crippen molar-refractivity contribution < 1.29 is 9.53 Å². The largest absolute Gasteiger partial charge is 0.462 e. The molecule has 0 saturated carbocycles. The Morgan fingerprint density at radius 3 is 3.06 bits per heavy atom. The fourth-order valence-electron chi connectivity index (χ4n) is 1.64. The van der Waals surface area contributed by atoms with Crippen LogP contribution in [0.15, 0.2) is 18.5 Å². The second-order valence-electron chi connectivity index (χ2n) is 3.77. The van der Waals surface area contributed by atoms with Crippen molar-refractivity contribution in [1.29, 1.82) is 0 Å². The van der Waals surface area contributed by atoms with E-state index < -0.39 is 0 Å². The highest BCUT2D eigenvalue weighted by atomic mass is 16.5. The fraction of sp³-hybridized carbons (Fsp3) is 0.417. The molecule has 2 rings (SSSR count). The first kappa shape index (κ1) is 12.3. The summed E-state index contributed by atoms with van der Waals surface area (Å²) in [6.45, 7) is 4.92. The SMILES string of the molecule is CCCNc1c(C(=O)OCC)cnc2ccnn12. The molecular formula is C12H16N4O2. The lowest BCUT2D eigenvalue weighted by Gasteiger charge is -2.11. The minimum atomic E-state index is -0.388. The summed E-state index contributed by atoms with van der Waals surface area (Å²) >= 11 is 0. The van der Waals surface area contributed by atoms with Crippen molar-refractivity contribution in [3.05, 3.63) is 24.0 Å². The van der Waals surface area contributed by atoms with Crippen molar-refractivity contribution in [2.75, 3.05) is 18.5 Å². The number of nitrogens with one attached hydrogen (secondary N) is 1. The highest BCUT2D eigenvalue weighted by molar-refractivity contribution is 5.94. The smallest absolute Gasteiger partial charge is 0.343 e. The molecule has 6 nitrogen and oxygen atoms in total. The number of rotatable bonds is 5. The number of esters is 1. The number of aromatic nitrogens is 3. The van der Waals surface area contributed by atoms with Crippen molar-refractivity contribution in [2.24, 2.45) is 0 Å². The Kier molecular flexibility index (Phi) is 3.76. The Morgan fingerprint density at radius 2 is 2.33 bits per heavy atom. The number of carbonyl (C=O) groups excluding carboxylic acids is 1. The lowest BCUT2D eigenvalue weighted by Crippen LogP contribution is -2.15. The van der Waals surface area contributed by atoms with Crippen LogP contribution in [0, 0.1) is 0 Å². The molecule has 0 radical (unpaired) electrons. The van der Waals surface area contributed by atoms with Gasteiger partial charge in [-0.2, -0.15) is 9.61 Å². The van der Waals surface area contributed by atoms with E-state index in [1.807, 2.05) is 0 Å². The molecule has 96 valence electrons. The second-order valence-corrected chi connectivity index (χ2v) is 3.77. The van der Waals surface area contributed by atoms with E-state index >= 15 is 0 Å². The van der Waals surface area contributed by atoms with E-state index in [4.69, 9.17) is 4.74 Å². The summed E-state index contributed by atoms with van der Waals surface area (Å²) < 4.78 is 6.63. The van der Waals surface area contributed by atoms with Gasteiger partial charge in [0.15, 0.2) is 5.65 Å². The van der Waals surface area contributed by atoms with Gasteiger partial charge in [0.2, 0.25) is 0 Å². The summed E-state index contributed by atoms with van der Waals surface area (Å²) in [6, 6.07) is 1.78. The highest BCUT2D eigenvalue weighted by Crippen LogP contribution is 2.17. The lowest BCUT2D eigenvalue weighted by molar-refractivity contribution is 0.0526. The highest BCUT2D eigenvalue weighted by Gasteiger charge is 2.16. The van der Waals surface area contributed by atoms with Crippen LogP contribution in [0.25, 0.3) is 5.65 Å². The lowest BCUT2D eigenvalue weighted by atomic mass is 10.3. The van der Waals surface area contributed by atoms with E-state index in [9.17, 15) is 4.79 Å². The van der Waals surface area contributed by atoms with Gasteiger partial charge < -0.3 is 10.1 Å². The first-order valence-electron chi connectivity index (χ1n) is 6.01. The summed E-state index contributed by atoms with van der Waals surface area (Å²) in [6.07, 6.45) is 4.12. The molecule has 0 atom stereocenters. The Hall–Kier alpha value is -2.11. The first-order chi connectivity index (χ1) is 8.77. The molecule has 0 spiro atoms. The third kappa shape index (κ3) is 2.27. The number of anilines is 1. The van der Waals surface area contributed by atoms with Crippen molar-refractivity contribution in [3.63, 3.8) is 0 Å². The van der Waals surface area contributed by atoms with E-state index in [-0.39, 0.29) is 5.97 Å². The van der Waals surface area contributed by atoms with Gasteiger partial charge in [-0.25, -0.2) is 9.78 Å². The van der Waals surface area contributed by atoms with Crippen LogP contribution < -0.4 is 5.32 Å². The van der Waals surface area contributed by atoms with Gasteiger partial charge in [-0.1, -0.05) is 6.92 Å². The Morgan fingerprint density at radius 1 is 1.50 bits per heavy atom. The van der Waals surface area contributed by atoms with Gasteiger partial charge >= 0.3 is 5.97 Å². The summed E-state index contributed by atoms with van der Waals surface area (Å²) in [7, 11) is 0. The number of fused-ring (bicyclic) bond motifs is 1. The average molecular weight is 248 g/mol. The molecule has 0 aromatic carbocycles. The van der Waals surface area contributed by atoms with Crippen LogP contribution >= 0.6 is 0 Å². The molecule has 0 fully saturated rings. The standard InChI is InChI=1S/C12H16N4O2/c1-3-6-13-11-9(12(17)18-4-2)8-14-10-5-7-15-16(10)11/h5,7-8,13H,3-4,6H2,1-2H3. The van der Waals surface area contributed by atoms with Crippen LogP contribution in [-0.4, -0.2) is 33.7 Å². The maximum atomic E-state index is 11.9. The predicted octanol–water partition coefficient (Wildman–Crippen LogP) is 1.73. The maximum Gasteiger partial charge on any atom is 0.343 e. The van der Waals surface area contributed by atoms with Gasteiger partial charge in [0.25, 0.3) is 0 Å². The minimum absolute atomic E-state index is 0.337. The van der Waals surface area contributed by atoms with Crippen LogP contribution in [0.1, 0.15) is 30.6 Å². The summed E-state index contributed by atoms with van der Waals surface area (Å²) in [5, 5.41) is 7.35. The molecule has 2 aromatic heterocycles. The van der Waals surface area contributed by atoms with Gasteiger partial charge in [-0.05, 0) is 13.3 Å². The summed E-state index contributed by atoms with van der Waals surface area (Å²) in [4.78, 5) is 16.0. The Bertz CT molecular complexity index is 550. The molecule has 2 aromatic rings. The summed E-state index contributed by atoms with van der Waals surface area (Å²) in [5.74, 6) is 0.242. The quantitative estimate of drug-likeness (QED) is 0.816. The average Bonchev–Trinajstić information content (AvgIpc) is 2.84. The van der Waals surface area contributed by atoms with Crippen LogP contribution in [0.5, 0.6) is 0 Å². The molecule has 0 aliphatic carbocycles. The molecule has 0 aliphatic rings. The number of carbonyl (C=O) groups is 1. The summed E-state index contributed by atoms with van der Waals surface area (Å²) in [5.41, 5.74) is 1.10. The van der Waals surface area contributed by atoms with Crippen molar-refractivity contribution in [3.8, 4) is 0 Å². The molecule has 0 saturated heterocycles. The zero-order valence-electron chi connectivity index (χ0n) is 10.5. The first-order valence-corrected chi connectivity index (χ1v) is 6.01. The number of hydrogen-bond donors (Lipinski definition) is 1. The zero-order chi connectivity index (χ0) is 13.0. The van der Waals surface area contributed by atoms with Crippen LogP contribution in [-0.2, 0) is 4.74 Å². The Balaban J connectivity index is 2.46. The molecule has 6 heteroatoms. The van der Waals surface area contributed by atoms with E-state index in [0.717, 1.165) is 13.0 Å². The molecule has 0 bridgehead atoms.